The van der Waals surface area contributed by atoms with Crippen LogP contribution in [-0.4, -0.2) is 27.4 Å². The van der Waals surface area contributed by atoms with Gasteiger partial charge in [-0.25, -0.2) is 0 Å². The van der Waals surface area contributed by atoms with Gasteiger partial charge in [0.25, 0.3) is 0 Å². The predicted octanol–water partition coefficient (Wildman–Crippen LogP) is 37.9. The lowest BCUT2D eigenvalue weighted by atomic mass is 9.97. The molecule has 0 aliphatic rings. The first kappa shape index (κ1) is 34.9. The van der Waals surface area contributed by atoms with Crippen molar-refractivity contribution in [1.29, 1.82) is 0 Å². The van der Waals surface area contributed by atoms with Crippen LogP contribution in [0.15, 0.2) is 538 Å². The molecule has 29 aromatic rings. The predicted molar refractivity (Wildman–Crippen MR) is 623 cm³/mol. The van der Waals surface area contributed by atoms with E-state index in [9.17, 15) is 42.5 Å². The van der Waals surface area contributed by atoms with Crippen molar-refractivity contribution in [2.45, 2.75) is 20.8 Å². The Morgan fingerprint density at radius 3 is 0.612 bits per heavy atom. The van der Waals surface area contributed by atoms with E-state index in [4.69, 9.17) is 79.5 Å². The topological polar surface area (TPSA) is 29.6 Å². The van der Waals surface area contributed by atoms with Crippen LogP contribution in [-0.2, 0) is 0 Å². The molecule has 147 heavy (non-hydrogen) atoms. The Morgan fingerprint density at radius 1 is 0.116 bits per heavy atom. The van der Waals surface area contributed by atoms with Crippen molar-refractivity contribution in [3.8, 4) is 123 Å². The number of benzene rings is 23. The van der Waals surface area contributed by atoms with Crippen molar-refractivity contribution < 1.29 is 122 Å². The molecule has 0 unspecified atom stereocenters. The van der Waals surface area contributed by atoms with Gasteiger partial charge in [-0.15, -0.1) is 0 Å². The first-order valence-electron chi connectivity index (χ1n) is 88.0. The molecule has 0 bridgehead atoms. The Kier molecular flexibility index (Phi) is 8.65. The van der Waals surface area contributed by atoms with E-state index in [1.54, 1.807) is 0 Å². The highest BCUT2D eigenvalue weighted by Gasteiger charge is 2.27. The van der Waals surface area contributed by atoms with E-state index in [1.165, 1.54) is 20.8 Å². The number of rotatable bonds is 14. The average Bonchev–Trinajstić information content (AvgIpc) is 1.50. The summed E-state index contributed by atoms with van der Waals surface area (Å²) in [6.45, 7) is 3.84. The molecule has 0 aliphatic carbocycles. The second-order valence-corrected chi connectivity index (χ2v) is 31.8. The van der Waals surface area contributed by atoms with Gasteiger partial charge in [-0.3, -0.25) is 0 Å². The molecule has 29 rings (SSSR count). The summed E-state index contributed by atoms with van der Waals surface area (Å²) in [6, 6.07) is -83.5. The van der Waals surface area contributed by atoms with Gasteiger partial charge in [0.2, 0.25) is 0 Å². The molecule has 0 spiro atoms. The van der Waals surface area contributed by atoms with Crippen LogP contribution in [0, 0.1) is 20.8 Å². The fraction of sp³-hybridized carbons (Fsp3) is 0.0213. The maximum absolute atomic E-state index is 10.1. The molecule has 0 fully saturated rings. The fourth-order valence-corrected chi connectivity index (χ4v) is 17.1. The number of nitrogens with zero attached hydrogens (tertiary/aromatic N) is 6. The van der Waals surface area contributed by atoms with E-state index in [2.05, 4.69) is 0 Å². The monoisotopic (exact) mass is 1960 g/mol. The lowest BCUT2D eigenvalue weighted by molar-refractivity contribution is 1.17. The molecule has 0 aliphatic heterocycles. The van der Waals surface area contributed by atoms with Crippen molar-refractivity contribution in [2.75, 3.05) is 0 Å². The standard InChI is InChI=1S/C55H38N2.2C43H30N2/c1-37-23-25-42(26-24-37)45-33-44(39-15-6-3-7-16-39)35-47(36-45)57-51-22-11-9-20-49(51)55-53(57)32-31-52-54(55)48-19-8-10-21-50(48)56(52)46-18-12-17-43(34-46)41-29-27-40(28-30-41)38-13-4-2-5-14-38;1-29-10-9-11-33(28-29)32-20-18-30(19-21-32)31-22-24-35(25-23-31)45-39-17-8-6-15-37(39)43-41(45)27-26-40-42(43)36-14-5-7-16-38(36)44(40)34-12-3-2-4-13-34;1-29-18-20-30(21-19-29)31-22-24-32(25-23-31)33-10-9-13-35(28-33)45-39-17-8-6-15-37(39)43-41(45)27-26-40-42(43)36-14-5-7-16-38(36)44(40)34-11-3-2-4-12-34/h2-36H,1H3;2*2-28H,1H3/i2D,3D,4D,5D,6D,7D,8D,9D,10D,11D,12D,13D,14D,15D,16D,17D,18D,19D,20D,21D,22D,23D,24D,25D,26D,27D,28D,29D,30D,31D,32D,33D,34D,35D,36D;2*2D,3D,4D,5D,6D,7D,8D,9D,10D,11D,12D,13D,14D,15D,16D,17D,18D,19D,20D,21D,22D,23D,24D,25D,26D,27D,28D. The molecule has 6 heteroatoms. The average molecular weight is 1970 g/mol. The summed E-state index contributed by atoms with van der Waals surface area (Å²) in [5.74, 6) is 0. The summed E-state index contributed by atoms with van der Waals surface area (Å²) in [7, 11) is 0. The third-order valence-corrected chi connectivity index (χ3v) is 23.3. The number of hydrogen-bond acceptors (Lipinski definition) is 0. The SMILES string of the molecule is [2H]c1c([2H])c([2H])c(-c2c([2H])c([2H])c(-c3c([2H])c([2H])c([2H])c(-n4c5c([2H])c([2H])c([2H])c([2H])c5c5c6c7c([2H])c([2H])c([2H])c([2H])c7n(-c7c([2H])c(-c8c([2H])c([2H])c([2H])c([2H])c8[2H])c([2H])c(-c8c([2H])c([2H])c(C)c([2H])c8[2H])c7[2H])c6c([2H])c([2H])c54)c3[2H])c([2H])c2[2H])c([2H])c1[2H].[2H]c1c([2H])c([2H])c(-n2c3c([2H])c([2H])c([2H])c([2H])c3c3c4c5c([2H])c([2H])c([2H])c([2H])c5n(-c5c([2H])c([2H])c(-c6c([2H])c([2H])c(-c7c([2H])c([2H])c([2H])c(C)c7[2H])c([2H])c6[2H])c([2H])c5[2H])c4c([2H])c([2H])c32)c([2H])c1[2H].[2H]c1c([2H])c([2H])c(-n2c3c([2H])c([2H])c([2H])c([2H])c3c3c4c5c([2H])c([2H])c([2H])c([2H])c5n(-c5c([2H])c([2H])c([2H])c(-c6c([2H])c([2H])c(-c7c([2H])c([2H])c(C)c([2H])c7[2H])c([2H])c6[2H])c5[2H])c4c([2H])c([2H])c32)c([2H])c1[2H]. The zero-order valence-corrected chi connectivity index (χ0v) is 74.7. The van der Waals surface area contributed by atoms with Crippen LogP contribution in [0.3, 0.4) is 0 Å². The van der Waals surface area contributed by atoms with Crippen LogP contribution >= 0.6 is 0 Å². The molecule has 6 nitrogen and oxygen atoms in total. The molecule has 6 aromatic heterocycles. The zero-order chi connectivity index (χ0) is 175. The molecule has 23 aromatic carbocycles. The van der Waals surface area contributed by atoms with E-state index in [0.29, 0.717) is 9.13 Å². The minimum absolute atomic E-state index is 0.0717. The Hall–Kier alpha value is -19.1. The summed E-state index contributed by atoms with van der Waals surface area (Å²) in [5.41, 5.74) is -26.6. The smallest absolute Gasteiger partial charge is 0.0651 e. The minimum Gasteiger partial charge on any atom is -0.309 e. The van der Waals surface area contributed by atoms with E-state index >= 15 is 0 Å². The van der Waals surface area contributed by atoms with Crippen LogP contribution in [0.2, 0.25) is 0 Å². The van der Waals surface area contributed by atoms with Crippen molar-refractivity contribution in [3.63, 3.8) is 0 Å². The van der Waals surface area contributed by atoms with E-state index < -0.39 is 792 Å². The van der Waals surface area contributed by atoms with Crippen molar-refractivity contribution >= 4 is 131 Å². The number of fused-ring (bicyclic) bond motifs is 21. The van der Waals surface area contributed by atoms with Gasteiger partial charge in [0.1, 0.15) is 0 Å². The minimum atomic E-state index is -1.18. The third kappa shape index (κ3) is 15.3. The van der Waals surface area contributed by atoms with E-state index in [1.807, 2.05) is 0 Å². The van der Waals surface area contributed by atoms with Crippen molar-refractivity contribution in [1.82, 2.24) is 27.4 Å². The molecule has 0 N–H and O–H groups in total. The first-order valence-corrected chi connectivity index (χ1v) is 43.5. The van der Waals surface area contributed by atoms with Crippen LogP contribution in [0.1, 0.15) is 139 Å². The van der Waals surface area contributed by atoms with Gasteiger partial charge >= 0.3 is 0 Å². The highest BCUT2D eigenvalue weighted by molar-refractivity contribution is 6.32. The fourth-order valence-electron chi connectivity index (χ4n) is 17.1. The summed E-state index contributed by atoms with van der Waals surface area (Å²) < 4.78 is 806. The van der Waals surface area contributed by atoms with Gasteiger partial charge in [-0.1, -0.05) is 403 Å². The number of hydrogen-bond donors (Lipinski definition) is 0. The van der Waals surface area contributed by atoms with Gasteiger partial charge in [0, 0.05) is 98.8 Å². The normalized spacial score (nSPS) is 20.1. The summed E-state index contributed by atoms with van der Waals surface area (Å²) >= 11 is 0. The number of aromatic nitrogens is 6. The molecule has 0 radical (unpaired) electrons. The molecular weight excluding hydrogens is 1780 g/mol. The summed E-state index contributed by atoms with van der Waals surface area (Å²) in [6.07, 6.45) is 0. The van der Waals surface area contributed by atoms with Crippen molar-refractivity contribution in [2.24, 2.45) is 0 Å². The summed E-state index contributed by atoms with van der Waals surface area (Å²) in [4.78, 5) is 0. The van der Waals surface area contributed by atoms with Gasteiger partial charge in [0.05, 0.1) is 188 Å². The molecule has 6 heterocycles. The largest absolute Gasteiger partial charge is 0.309 e. The quantitative estimate of drug-likeness (QED) is 0.104. The third-order valence-electron chi connectivity index (χ3n) is 23.3. The molecular formula is C141H98N6. The van der Waals surface area contributed by atoms with E-state index in [-0.39, 0.29) is 16.7 Å². The van der Waals surface area contributed by atoms with Gasteiger partial charge < -0.3 is 27.4 Å². The maximum atomic E-state index is 10.1. The van der Waals surface area contributed by atoms with Crippen LogP contribution in [0.4, 0.5) is 0 Å². The van der Waals surface area contributed by atoms with Crippen molar-refractivity contribution in [3.05, 3.63) is 554 Å². The van der Waals surface area contributed by atoms with E-state index in [0.717, 1.165) is 18.3 Å². The molecule has 0 saturated carbocycles. The molecule has 0 amide bonds. The highest BCUT2D eigenvalue weighted by Crippen LogP contribution is 2.49. The maximum Gasteiger partial charge on any atom is 0.0651 e. The van der Waals surface area contributed by atoms with Crippen LogP contribution < -0.4 is 0 Å². The lowest BCUT2D eigenvalue weighted by Gasteiger charge is -2.14. The Morgan fingerprint density at radius 2 is 0.306 bits per heavy atom. The molecule has 692 valence electrons. The van der Waals surface area contributed by atoms with Gasteiger partial charge in [-0.05, 0) is 261 Å². The molecule has 0 saturated heterocycles. The Labute approximate surface area is 977 Å². The number of para-hydroxylation sites is 8. The second-order valence-electron chi connectivity index (χ2n) is 31.8. The van der Waals surface area contributed by atoms with Gasteiger partial charge in [-0.2, -0.15) is 0 Å². The Bertz CT molecular complexity index is 15800. The second kappa shape index (κ2) is 36.4. The highest BCUT2D eigenvalue weighted by atomic mass is 15.0. The zero-order valence-electron chi connectivity index (χ0n) is 164. The van der Waals surface area contributed by atoms with Crippen LogP contribution in [0.25, 0.3) is 254 Å². The molecule has 0 atom stereocenters. The van der Waals surface area contributed by atoms with Crippen LogP contribution in [0.5, 0.6) is 0 Å². The Balaban J connectivity index is 0.000000158. The lowest BCUT2D eigenvalue weighted by Crippen LogP contribution is -1.96. The summed E-state index contributed by atoms with van der Waals surface area (Å²) in [5, 5.41) is -6.82. The van der Waals surface area contributed by atoms with Gasteiger partial charge in [0.15, 0.2) is 0 Å². The first-order chi connectivity index (χ1) is 110.